The van der Waals surface area contributed by atoms with Gasteiger partial charge in [0.15, 0.2) is 0 Å². The third-order valence-corrected chi connectivity index (χ3v) is 17.9. The van der Waals surface area contributed by atoms with Crippen LogP contribution in [0.3, 0.4) is 0 Å². The van der Waals surface area contributed by atoms with Gasteiger partial charge in [0.25, 0.3) is 0 Å². The summed E-state index contributed by atoms with van der Waals surface area (Å²) in [6.45, 7) is 38.0. The summed E-state index contributed by atoms with van der Waals surface area (Å²) in [7, 11) is -3.37. The van der Waals surface area contributed by atoms with Gasteiger partial charge in [-0.2, -0.15) is 0 Å². The van der Waals surface area contributed by atoms with Crippen LogP contribution in [0.1, 0.15) is 55.4 Å². The van der Waals surface area contributed by atoms with Crippen LogP contribution in [-0.4, -0.2) is 24.2 Å². The quantitative estimate of drug-likeness (QED) is 0.215. The molecule has 11 radical (unpaired) electrons. The van der Waals surface area contributed by atoms with E-state index in [-0.39, 0.29) is 36.9 Å². The van der Waals surface area contributed by atoms with Gasteiger partial charge in [0.05, 0.1) is 8.07 Å². The van der Waals surface area contributed by atoms with Gasteiger partial charge in [0, 0.05) is 36.9 Å². The predicted molar refractivity (Wildman–Crippen MR) is 146 cm³/mol. The standard InChI is InChI=1S/C20H30Si.C7H19Si2.Lu/c1-11-12(2)16(6)19(15(11)5)21(9,10)20-17(7)13(3)14(4)18(20)8;1-8(2,3)7-9(4,5)6;/h1-10H3;7H,1-6H3;/q;-1;. The summed E-state index contributed by atoms with van der Waals surface area (Å²) in [5.41, 5.74) is 6.00. The summed E-state index contributed by atoms with van der Waals surface area (Å²) < 4.78 is 0. The maximum Gasteiger partial charge on any atom is 0.0633 e. The molecule has 2 fully saturated rings. The first kappa shape index (κ1) is 32.9. The van der Waals surface area contributed by atoms with E-state index in [1.807, 2.05) is 0 Å². The molecule has 0 aromatic carbocycles. The van der Waals surface area contributed by atoms with Gasteiger partial charge in [0.1, 0.15) is 0 Å². The molecule has 2 aliphatic rings. The monoisotopic (exact) mass is 632 g/mol. The van der Waals surface area contributed by atoms with Crippen molar-refractivity contribution in [3.05, 3.63) is 64.1 Å². The van der Waals surface area contributed by atoms with E-state index in [1.54, 1.807) is 11.1 Å². The van der Waals surface area contributed by atoms with Crippen molar-refractivity contribution in [2.24, 2.45) is 0 Å². The van der Waals surface area contributed by atoms with Gasteiger partial charge in [0.2, 0.25) is 0 Å². The molecule has 0 N–H and O–H groups in total. The predicted octanol–water partition coefficient (Wildman–Crippen LogP) is 8.65. The Balaban J connectivity index is 0.000000769. The Morgan fingerprint density at radius 2 is 0.581 bits per heavy atom. The van der Waals surface area contributed by atoms with Crippen LogP contribution in [0.25, 0.3) is 0 Å². The molecule has 0 amide bonds. The van der Waals surface area contributed by atoms with Crippen LogP contribution in [0.15, 0.2) is 0 Å². The maximum absolute atomic E-state index is 2.65. The summed E-state index contributed by atoms with van der Waals surface area (Å²) in [5.74, 6) is 12.1. The zero-order valence-electron chi connectivity index (χ0n) is 23.3. The number of rotatable bonds is 4. The van der Waals surface area contributed by atoms with E-state index in [4.69, 9.17) is 0 Å². The minimum atomic E-state index is -1.65. The van der Waals surface area contributed by atoms with Crippen LogP contribution < -0.4 is 0 Å². The fourth-order valence-electron chi connectivity index (χ4n) is 5.74. The van der Waals surface area contributed by atoms with E-state index in [9.17, 15) is 0 Å². The van der Waals surface area contributed by atoms with Gasteiger partial charge in [-0.3, -0.25) is 0 Å². The minimum Gasteiger partial charge on any atom is -0.327 e. The molecule has 0 unspecified atom stereocenters. The summed E-state index contributed by atoms with van der Waals surface area (Å²) in [6, 6.07) is 0. The molecular weight excluding hydrogens is 584 g/mol. The molecule has 0 spiro atoms. The Bertz CT molecular complexity index is 474. The molecule has 0 heterocycles. The van der Waals surface area contributed by atoms with Crippen LogP contribution in [0, 0.1) is 101 Å². The first-order valence-electron chi connectivity index (χ1n) is 11.6. The second kappa shape index (κ2) is 11.7. The Kier molecular flexibility index (Phi) is 12.5. The maximum atomic E-state index is 2.65. The molecule has 2 aliphatic carbocycles. The molecule has 0 aromatic rings. The van der Waals surface area contributed by atoms with E-state index in [0.29, 0.717) is 0 Å². The molecule has 0 bridgehead atoms. The molecule has 31 heavy (non-hydrogen) atoms. The van der Waals surface area contributed by atoms with E-state index in [2.05, 4.69) is 113 Å². The van der Waals surface area contributed by atoms with Crippen molar-refractivity contribution in [3.8, 4) is 0 Å². The second-order valence-electron chi connectivity index (χ2n) is 12.3. The van der Waals surface area contributed by atoms with Crippen LogP contribution in [0.5, 0.6) is 0 Å². The van der Waals surface area contributed by atoms with Crippen molar-refractivity contribution in [2.45, 2.75) is 108 Å². The van der Waals surface area contributed by atoms with Gasteiger partial charge in [-0.15, -0.1) is 16.1 Å². The van der Waals surface area contributed by atoms with Crippen molar-refractivity contribution in [2.75, 3.05) is 0 Å². The topological polar surface area (TPSA) is 0 Å². The van der Waals surface area contributed by atoms with Crippen LogP contribution in [-0.2, 0) is 0 Å². The van der Waals surface area contributed by atoms with Crippen molar-refractivity contribution < 1.29 is 36.9 Å². The van der Waals surface area contributed by atoms with Crippen molar-refractivity contribution in [1.82, 2.24) is 0 Å². The third kappa shape index (κ3) is 7.94. The minimum absolute atomic E-state index is 0. The fourth-order valence-corrected chi connectivity index (χ4v) is 20.9. The average molecular weight is 633 g/mol. The molecule has 185 valence electrons. The van der Waals surface area contributed by atoms with Gasteiger partial charge in [-0.1, -0.05) is 108 Å². The SMILES string of the molecule is C[C]1[C](C)[C](C)[C]([Si](C)(C)[C]2[C](C)[C](C)[C](C)[C]2C)[C]1C.C[Si](C)(C)[CH-][Si](C)(C)C.[Lu]. The third-order valence-electron chi connectivity index (χ3n) is 6.99. The second-order valence-corrected chi connectivity index (χ2v) is 27.1. The molecular formula is C27H49LuSi3-. The summed E-state index contributed by atoms with van der Waals surface area (Å²) >= 11 is 0. The smallest absolute Gasteiger partial charge is 0.0633 e. The summed E-state index contributed by atoms with van der Waals surface area (Å²) in [4.78, 5) is 0. The van der Waals surface area contributed by atoms with Crippen molar-refractivity contribution in [1.29, 1.82) is 0 Å². The molecule has 0 saturated heterocycles. The van der Waals surface area contributed by atoms with E-state index < -0.39 is 24.2 Å². The molecule has 0 nitrogen and oxygen atoms in total. The fraction of sp³-hybridized carbons (Fsp3) is 0.593. The van der Waals surface area contributed by atoms with Gasteiger partial charge in [-0.25, -0.2) is 0 Å². The van der Waals surface area contributed by atoms with E-state index in [1.165, 1.54) is 47.3 Å². The Morgan fingerprint density at radius 3 is 0.710 bits per heavy atom. The zero-order valence-corrected chi connectivity index (χ0v) is 28.0. The van der Waals surface area contributed by atoms with Gasteiger partial charge < -0.3 is 5.67 Å². The average Bonchev–Trinajstić information content (AvgIpc) is 2.85. The Hall–Kier alpha value is 1.88. The Labute approximate surface area is 231 Å². The molecule has 2 saturated carbocycles. The molecule has 4 heteroatoms. The summed E-state index contributed by atoms with van der Waals surface area (Å²) in [5, 5.41) is 0. The van der Waals surface area contributed by atoms with Crippen LogP contribution in [0.4, 0.5) is 0 Å². The molecule has 0 aromatic heterocycles. The van der Waals surface area contributed by atoms with Crippen molar-refractivity contribution in [3.63, 3.8) is 0 Å². The Morgan fingerprint density at radius 1 is 0.387 bits per heavy atom. The van der Waals surface area contributed by atoms with Gasteiger partial charge >= 0.3 is 0 Å². The first-order valence-corrected chi connectivity index (χ1v) is 21.7. The van der Waals surface area contributed by atoms with Gasteiger partial charge in [-0.05, 0) is 58.4 Å². The number of hydrogen-bond acceptors (Lipinski definition) is 0. The molecule has 0 atom stereocenters. The normalized spacial score (nSPS) is 24.0. The number of hydrogen-bond donors (Lipinski definition) is 0. The largest absolute Gasteiger partial charge is 0.327 e. The van der Waals surface area contributed by atoms with Crippen LogP contribution in [0.2, 0.25) is 52.4 Å². The first-order chi connectivity index (χ1) is 13.2. The van der Waals surface area contributed by atoms with E-state index >= 15 is 0 Å². The summed E-state index contributed by atoms with van der Waals surface area (Å²) in [6.07, 6.45) is 0. The van der Waals surface area contributed by atoms with E-state index in [0.717, 1.165) is 0 Å². The molecule has 0 aliphatic heterocycles. The van der Waals surface area contributed by atoms with Crippen LogP contribution >= 0.6 is 0 Å². The van der Waals surface area contributed by atoms with Crippen molar-refractivity contribution >= 4 is 24.2 Å². The molecule has 2 rings (SSSR count). The zero-order chi connectivity index (χ0) is 24.0.